The Hall–Kier alpha value is -4.10. The number of aliphatic hydroxyl groups is 2. The maximum atomic E-state index is 13.2. The van der Waals surface area contributed by atoms with Gasteiger partial charge < -0.3 is 39.0 Å². The number of unbranched alkanes of at least 4 members (excludes halogenated alkanes) is 29. The number of hydrogen-bond donors (Lipinski definition) is 3. The standard InChI is InChI=1S/C71H120O12/c1-4-7-10-13-16-19-22-25-28-31-32-35-36-39-42-45-48-51-54-57-63(72)79-60-62(81-64(73)58-55-52-49-46-43-40-37-33-29-26-23-20-17-14-11-8-5-2)61-80-71-69(67(76)66(75)68(83-71)70(77)78)82-65(74)59-56-53-50-47-44-41-38-34-30-27-24-21-18-15-12-9-6-3/h9,12,18,21,25-30,38,41,47,50,62,66-69,71,75-76H,4-8,10-11,13-17,19-20,22-24,31-37,39-40,42-46,48-49,51-61H2,1-3H3,(H,77,78)/b12-9-,21-18-,28-25-,29-26-,30-27-,41-38-,50-47-. The highest BCUT2D eigenvalue weighted by Crippen LogP contribution is 2.26. The number of carboxylic acid groups (broad SMARTS) is 1. The molecule has 1 aliphatic rings. The van der Waals surface area contributed by atoms with Crippen molar-refractivity contribution in [3.63, 3.8) is 0 Å². The average molecular weight is 1170 g/mol. The van der Waals surface area contributed by atoms with Crippen LogP contribution in [0.25, 0.3) is 0 Å². The Bertz CT molecular complexity index is 1760. The lowest BCUT2D eigenvalue weighted by molar-refractivity contribution is -0.301. The van der Waals surface area contributed by atoms with Crippen molar-refractivity contribution < 1.29 is 58.2 Å². The van der Waals surface area contributed by atoms with Crippen LogP contribution in [0.4, 0.5) is 0 Å². The van der Waals surface area contributed by atoms with E-state index in [0.29, 0.717) is 25.7 Å². The van der Waals surface area contributed by atoms with Crippen LogP contribution in [0.1, 0.15) is 290 Å². The Morgan fingerprint density at radius 3 is 1.20 bits per heavy atom. The topological polar surface area (TPSA) is 175 Å². The van der Waals surface area contributed by atoms with Gasteiger partial charge in [-0.1, -0.05) is 247 Å². The molecule has 6 atom stereocenters. The van der Waals surface area contributed by atoms with Crippen molar-refractivity contribution >= 4 is 23.9 Å². The van der Waals surface area contributed by atoms with Crippen molar-refractivity contribution in [1.29, 1.82) is 0 Å². The smallest absolute Gasteiger partial charge is 0.335 e. The monoisotopic (exact) mass is 1160 g/mol. The molecule has 1 saturated heterocycles. The minimum absolute atomic E-state index is 0.0203. The predicted molar refractivity (Wildman–Crippen MR) is 340 cm³/mol. The molecule has 12 nitrogen and oxygen atoms in total. The third-order valence-electron chi connectivity index (χ3n) is 14.9. The van der Waals surface area contributed by atoms with Gasteiger partial charge >= 0.3 is 23.9 Å². The number of allylic oxidation sites excluding steroid dienone is 14. The van der Waals surface area contributed by atoms with E-state index in [1.165, 1.54) is 141 Å². The summed E-state index contributed by atoms with van der Waals surface area (Å²) in [5.74, 6) is -3.19. The number of carbonyl (C=O) groups is 4. The Morgan fingerprint density at radius 1 is 0.410 bits per heavy atom. The molecule has 0 aromatic rings. The van der Waals surface area contributed by atoms with Crippen LogP contribution in [0.15, 0.2) is 85.1 Å². The molecular formula is C71H120O12. The molecule has 1 rings (SSSR count). The first-order valence-electron chi connectivity index (χ1n) is 33.6. The van der Waals surface area contributed by atoms with Gasteiger partial charge in [0.2, 0.25) is 0 Å². The molecule has 3 N–H and O–H groups in total. The summed E-state index contributed by atoms with van der Waals surface area (Å²) in [4.78, 5) is 51.4. The second-order valence-corrected chi connectivity index (χ2v) is 22.7. The fourth-order valence-electron chi connectivity index (χ4n) is 9.81. The highest BCUT2D eigenvalue weighted by Gasteiger charge is 2.50. The SMILES string of the molecule is CC/C=C\C/C=C\C/C=C\C/C=C\C/C=C\CCCC(=O)OC1C(OCC(COC(=O)CCCCCCCCCCC/C=C\CCCCCCCC)OC(=O)CCCCCCCCC/C=C\CCCCCCCC)OC(C(=O)O)C(O)C1O. The van der Waals surface area contributed by atoms with Crippen LogP contribution in [0, 0.1) is 0 Å². The molecule has 0 spiro atoms. The average Bonchev–Trinajstić information content (AvgIpc) is 3.55. The molecule has 1 fully saturated rings. The molecule has 12 heteroatoms. The Morgan fingerprint density at radius 2 is 0.771 bits per heavy atom. The number of carbonyl (C=O) groups excluding carboxylic acids is 3. The third kappa shape index (κ3) is 47.8. The number of aliphatic hydroxyl groups excluding tert-OH is 2. The molecule has 476 valence electrons. The van der Waals surface area contributed by atoms with Gasteiger partial charge in [-0.3, -0.25) is 14.4 Å². The normalized spacial score (nSPS) is 18.1. The van der Waals surface area contributed by atoms with Crippen LogP contribution in [0.3, 0.4) is 0 Å². The molecule has 83 heavy (non-hydrogen) atoms. The van der Waals surface area contributed by atoms with E-state index in [2.05, 4.69) is 93.7 Å². The first kappa shape index (κ1) is 76.9. The number of carboxylic acids is 1. The summed E-state index contributed by atoms with van der Waals surface area (Å²) in [5, 5.41) is 31.6. The largest absolute Gasteiger partial charge is 0.479 e. The summed E-state index contributed by atoms with van der Waals surface area (Å²) >= 11 is 0. The Balaban J connectivity index is 2.68. The fourth-order valence-corrected chi connectivity index (χ4v) is 9.81. The number of esters is 3. The Kier molecular flexibility index (Phi) is 54.0. The number of ether oxygens (including phenoxy) is 5. The van der Waals surface area contributed by atoms with Gasteiger partial charge in [0.05, 0.1) is 6.61 Å². The molecule has 6 unspecified atom stereocenters. The molecule has 0 saturated carbocycles. The summed E-state index contributed by atoms with van der Waals surface area (Å²) in [6.45, 7) is 5.88. The zero-order valence-corrected chi connectivity index (χ0v) is 52.7. The highest BCUT2D eigenvalue weighted by atomic mass is 16.7. The van der Waals surface area contributed by atoms with Crippen molar-refractivity contribution in [1.82, 2.24) is 0 Å². The third-order valence-corrected chi connectivity index (χ3v) is 14.9. The van der Waals surface area contributed by atoms with Crippen molar-refractivity contribution in [3.05, 3.63) is 85.1 Å². The molecular weight excluding hydrogens is 1040 g/mol. The van der Waals surface area contributed by atoms with E-state index in [4.69, 9.17) is 23.7 Å². The van der Waals surface area contributed by atoms with Gasteiger partial charge in [0.25, 0.3) is 0 Å². The van der Waals surface area contributed by atoms with Crippen LogP contribution < -0.4 is 0 Å². The zero-order chi connectivity index (χ0) is 60.3. The van der Waals surface area contributed by atoms with Crippen LogP contribution in [0.5, 0.6) is 0 Å². The van der Waals surface area contributed by atoms with Crippen LogP contribution >= 0.6 is 0 Å². The maximum Gasteiger partial charge on any atom is 0.335 e. The Labute approximate surface area is 505 Å². The molecule has 1 aliphatic heterocycles. The van der Waals surface area contributed by atoms with E-state index in [1.807, 2.05) is 12.2 Å². The van der Waals surface area contributed by atoms with E-state index in [0.717, 1.165) is 83.5 Å². The molecule has 0 bridgehead atoms. The van der Waals surface area contributed by atoms with Crippen molar-refractivity contribution in [3.8, 4) is 0 Å². The molecule has 0 amide bonds. The first-order valence-corrected chi connectivity index (χ1v) is 33.6. The number of hydrogen-bond acceptors (Lipinski definition) is 11. The van der Waals surface area contributed by atoms with E-state index in [-0.39, 0.29) is 25.9 Å². The summed E-state index contributed by atoms with van der Waals surface area (Å²) in [6.07, 6.45) is 64.0. The molecule has 1 heterocycles. The van der Waals surface area contributed by atoms with E-state index >= 15 is 0 Å². The molecule has 0 aromatic carbocycles. The quantitative estimate of drug-likeness (QED) is 0.0228. The van der Waals surface area contributed by atoms with Crippen LogP contribution in [-0.4, -0.2) is 89.2 Å². The van der Waals surface area contributed by atoms with Crippen molar-refractivity contribution in [2.24, 2.45) is 0 Å². The maximum absolute atomic E-state index is 13.2. The van der Waals surface area contributed by atoms with Gasteiger partial charge in [-0.05, 0) is 109 Å². The van der Waals surface area contributed by atoms with Crippen molar-refractivity contribution in [2.45, 2.75) is 327 Å². The minimum atomic E-state index is -1.93. The summed E-state index contributed by atoms with van der Waals surface area (Å²) < 4.78 is 28.5. The summed E-state index contributed by atoms with van der Waals surface area (Å²) in [5.41, 5.74) is 0. The minimum Gasteiger partial charge on any atom is -0.479 e. The number of rotatable bonds is 57. The van der Waals surface area contributed by atoms with Gasteiger partial charge in [0.15, 0.2) is 24.6 Å². The van der Waals surface area contributed by atoms with Gasteiger partial charge in [0.1, 0.15) is 18.8 Å². The van der Waals surface area contributed by atoms with Crippen LogP contribution in [0.2, 0.25) is 0 Å². The van der Waals surface area contributed by atoms with E-state index in [1.54, 1.807) is 0 Å². The van der Waals surface area contributed by atoms with Crippen molar-refractivity contribution in [2.75, 3.05) is 13.2 Å². The lowest BCUT2D eigenvalue weighted by Gasteiger charge is -2.40. The molecule has 0 aliphatic carbocycles. The van der Waals surface area contributed by atoms with Crippen LogP contribution in [-0.2, 0) is 42.9 Å². The predicted octanol–water partition coefficient (Wildman–Crippen LogP) is 18.2. The first-order chi connectivity index (χ1) is 40.6. The fraction of sp³-hybridized carbons (Fsp3) is 0.746. The van der Waals surface area contributed by atoms with Gasteiger partial charge in [-0.15, -0.1) is 0 Å². The highest BCUT2D eigenvalue weighted by molar-refractivity contribution is 5.74. The second-order valence-electron chi connectivity index (χ2n) is 22.7. The zero-order valence-electron chi connectivity index (χ0n) is 52.7. The van der Waals surface area contributed by atoms with E-state index < -0.39 is 67.3 Å². The second kappa shape index (κ2) is 58.3. The molecule has 0 radical (unpaired) electrons. The van der Waals surface area contributed by atoms with Gasteiger partial charge in [-0.25, -0.2) is 4.79 Å². The van der Waals surface area contributed by atoms with E-state index in [9.17, 15) is 34.5 Å². The lowest BCUT2D eigenvalue weighted by Crippen LogP contribution is -2.61. The van der Waals surface area contributed by atoms with Gasteiger partial charge in [-0.2, -0.15) is 0 Å². The summed E-state index contributed by atoms with van der Waals surface area (Å²) in [6, 6.07) is 0. The molecule has 0 aromatic heterocycles. The summed E-state index contributed by atoms with van der Waals surface area (Å²) in [7, 11) is 0. The number of aliphatic carboxylic acids is 1. The lowest BCUT2D eigenvalue weighted by atomic mass is 9.98. The van der Waals surface area contributed by atoms with Gasteiger partial charge in [0, 0.05) is 19.3 Å².